The molecule has 0 aliphatic heterocycles. The highest BCUT2D eigenvalue weighted by atomic mass is 79.9. The molecule has 1 atom stereocenters. The number of rotatable bonds is 7. The summed E-state index contributed by atoms with van der Waals surface area (Å²) in [6.07, 6.45) is 5.08. The number of thiophene rings is 1. The van der Waals surface area contributed by atoms with Crippen LogP contribution in [0.15, 0.2) is 38.2 Å². The first-order valence-electron chi connectivity index (χ1n) is 6.28. The van der Waals surface area contributed by atoms with Crippen LogP contribution in [0.5, 0.6) is 0 Å². The van der Waals surface area contributed by atoms with E-state index in [9.17, 15) is 0 Å². The molecule has 0 aliphatic rings. The van der Waals surface area contributed by atoms with Gasteiger partial charge in [0.1, 0.15) is 0 Å². The lowest BCUT2D eigenvalue weighted by Gasteiger charge is -2.17. The number of nitrogens with one attached hydrogen (secondary N) is 1. The van der Waals surface area contributed by atoms with Crippen molar-refractivity contribution in [3.63, 3.8) is 0 Å². The zero-order chi connectivity index (χ0) is 12.8. The second-order valence-corrected chi connectivity index (χ2v) is 5.83. The summed E-state index contributed by atoms with van der Waals surface area (Å²) in [5, 5.41) is 7.95. The van der Waals surface area contributed by atoms with Crippen LogP contribution in [-0.4, -0.2) is 6.54 Å². The highest BCUT2D eigenvalue weighted by Crippen LogP contribution is 2.28. The third-order valence-corrected chi connectivity index (χ3v) is 4.34. The summed E-state index contributed by atoms with van der Waals surface area (Å²) in [6, 6.07) is 4.61. The molecule has 0 spiro atoms. The van der Waals surface area contributed by atoms with Gasteiger partial charge in [-0.2, -0.15) is 11.3 Å². The molecule has 0 fully saturated rings. The Morgan fingerprint density at radius 3 is 2.94 bits per heavy atom. The quantitative estimate of drug-likeness (QED) is 0.791. The maximum Gasteiger partial charge on any atom is 0.173 e. The van der Waals surface area contributed by atoms with Crippen molar-refractivity contribution in [2.24, 2.45) is 0 Å². The van der Waals surface area contributed by atoms with Crippen LogP contribution in [0.3, 0.4) is 0 Å². The number of furan rings is 1. The summed E-state index contributed by atoms with van der Waals surface area (Å²) in [5.41, 5.74) is 2.64. The molecule has 0 amide bonds. The third-order valence-electron chi connectivity index (χ3n) is 2.96. The van der Waals surface area contributed by atoms with Crippen LogP contribution in [0.2, 0.25) is 0 Å². The number of hydrogen-bond acceptors (Lipinski definition) is 3. The van der Waals surface area contributed by atoms with E-state index in [1.807, 2.05) is 6.07 Å². The number of halogens is 1. The monoisotopic (exact) mass is 327 g/mol. The summed E-state index contributed by atoms with van der Waals surface area (Å²) in [4.78, 5) is 0. The Balaban J connectivity index is 1.99. The van der Waals surface area contributed by atoms with Crippen LogP contribution in [0.4, 0.5) is 0 Å². The molecule has 1 N–H and O–H groups in total. The molecule has 4 heteroatoms. The minimum atomic E-state index is 0.359. The second-order valence-electron chi connectivity index (χ2n) is 4.33. The predicted molar refractivity (Wildman–Crippen MR) is 80.1 cm³/mol. The van der Waals surface area contributed by atoms with Crippen molar-refractivity contribution in [1.82, 2.24) is 5.32 Å². The van der Waals surface area contributed by atoms with Crippen LogP contribution in [-0.2, 0) is 6.42 Å². The Bertz CT molecular complexity index is 452. The van der Waals surface area contributed by atoms with Gasteiger partial charge in [-0.25, -0.2) is 0 Å². The molecule has 2 nitrogen and oxygen atoms in total. The molecule has 98 valence electrons. The summed E-state index contributed by atoms with van der Waals surface area (Å²) in [6.45, 7) is 3.22. The van der Waals surface area contributed by atoms with Gasteiger partial charge in [0, 0.05) is 11.6 Å². The van der Waals surface area contributed by atoms with Gasteiger partial charge in [-0.3, -0.25) is 0 Å². The minimum absolute atomic E-state index is 0.359. The van der Waals surface area contributed by atoms with Gasteiger partial charge in [-0.15, -0.1) is 0 Å². The van der Waals surface area contributed by atoms with Crippen molar-refractivity contribution in [3.8, 4) is 0 Å². The van der Waals surface area contributed by atoms with E-state index >= 15 is 0 Å². The molecule has 2 rings (SSSR count). The SMILES string of the molecule is CCCNC(CCc1ccsc1)c1ccoc1Br. The van der Waals surface area contributed by atoms with E-state index in [1.165, 1.54) is 11.1 Å². The van der Waals surface area contributed by atoms with E-state index in [4.69, 9.17) is 4.42 Å². The van der Waals surface area contributed by atoms with Gasteiger partial charge in [0.05, 0.1) is 6.26 Å². The minimum Gasteiger partial charge on any atom is -0.457 e. The third kappa shape index (κ3) is 3.70. The smallest absolute Gasteiger partial charge is 0.173 e. The summed E-state index contributed by atoms with van der Waals surface area (Å²) in [5.74, 6) is 0. The zero-order valence-corrected chi connectivity index (χ0v) is 12.9. The Hall–Kier alpha value is -0.580. The molecular weight excluding hydrogens is 310 g/mol. The van der Waals surface area contributed by atoms with Gasteiger partial charge in [-0.05, 0) is 70.2 Å². The lowest BCUT2D eigenvalue weighted by molar-refractivity contribution is 0.479. The highest BCUT2D eigenvalue weighted by Gasteiger charge is 2.16. The van der Waals surface area contributed by atoms with Crippen LogP contribution in [0.1, 0.15) is 36.9 Å². The predicted octanol–water partition coefficient (Wildman–Crippen LogP) is 4.78. The molecule has 1 unspecified atom stereocenters. The molecule has 0 bridgehead atoms. The highest BCUT2D eigenvalue weighted by molar-refractivity contribution is 9.10. The molecule has 0 aromatic carbocycles. The molecule has 0 radical (unpaired) electrons. The van der Waals surface area contributed by atoms with E-state index in [0.29, 0.717) is 6.04 Å². The van der Waals surface area contributed by atoms with E-state index in [0.717, 1.165) is 30.5 Å². The Morgan fingerprint density at radius 1 is 1.44 bits per heavy atom. The maximum absolute atomic E-state index is 5.34. The molecule has 18 heavy (non-hydrogen) atoms. The standard InChI is InChI=1S/C14H18BrNOS/c1-2-7-16-13(12-5-8-17-14(12)15)4-3-11-6-9-18-10-11/h5-6,8-10,13,16H,2-4,7H2,1H3. The average molecular weight is 328 g/mol. The largest absolute Gasteiger partial charge is 0.457 e. The van der Waals surface area contributed by atoms with Gasteiger partial charge < -0.3 is 9.73 Å². The molecule has 2 aromatic rings. The molecule has 0 saturated carbocycles. The fourth-order valence-corrected chi connectivity index (χ4v) is 3.21. The maximum atomic E-state index is 5.34. The van der Waals surface area contributed by atoms with Gasteiger partial charge in [0.15, 0.2) is 4.67 Å². The van der Waals surface area contributed by atoms with Crippen molar-refractivity contribution in [2.75, 3.05) is 6.54 Å². The summed E-state index contributed by atoms with van der Waals surface area (Å²) < 4.78 is 6.19. The Morgan fingerprint density at radius 2 is 2.33 bits per heavy atom. The molecule has 2 aromatic heterocycles. The van der Waals surface area contributed by atoms with Crippen molar-refractivity contribution in [3.05, 3.63) is 45.0 Å². The van der Waals surface area contributed by atoms with Crippen molar-refractivity contribution < 1.29 is 4.42 Å². The van der Waals surface area contributed by atoms with E-state index in [1.54, 1.807) is 17.6 Å². The first kappa shape index (κ1) is 13.8. The fraction of sp³-hybridized carbons (Fsp3) is 0.429. The molecule has 2 heterocycles. The molecule has 0 saturated heterocycles. The van der Waals surface area contributed by atoms with Gasteiger partial charge in [-0.1, -0.05) is 6.92 Å². The van der Waals surface area contributed by atoms with Crippen LogP contribution in [0, 0.1) is 0 Å². The first-order valence-corrected chi connectivity index (χ1v) is 8.02. The molecule has 0 aliphatic carbocycles. The van der Waals surface area contributed by atoms with Crippen LogP contribution >= 0.6 is 27.3 Å². The number of aryl methyl sites for hydroxylation is 1. The van der Waals surface area contributed by atoms with E-state index in [-0.39, 0.29) is 0 Å². The average Bonchev–Trinajstić information content (AvgIpc) is 3.01. The topological polar surface area (TPSA) is 25.2 Å². The van der Waals surface area contributed by atoms with Gasteiger partial charge in [0.2, 0.25) is 0 Å². The van der Waals surface area contributed by atoms with E-state index in [2.05, 4.69) is 45.0 Å². The van der Waals surface area contributed by atoms with Gasteiger partial charge in [0.25, 0.3) is 0 Å². The van der Waals surface area contributed by atoms with Crippen molar-refractivity contribution >= 4 is 27.3 Å². The van der Waals surface area contributed by atoms with Crippen molar-refractivity contribution in [1.29, 1.82) is 0 Å². The fourth-order valence-electron chi connectivity index (χ4n) is 1.99. The van der Waals surface area contributed by atoms with Crippen LogP contribution in [0.25, 0.3) is 0 Å². The Labute approximate surface area is 121 Å². The number of hydrogen-bond donors (Lipinski definition) is 1. The molecular formula is C14H18BrNOS. The van der Waals surface area contributed by atoms with Crippen LogP contribution < -0.4 is 5.32 Å². The lowest BCUT2D eigenvalue weighted by atomic mass is 10.0. The first-order chi connectivity index (χ1) is 8.81. The van der Waals surface area contributed by atoms with Gasteiger partial charge >= 0.3 is 0 Å². The summed E-state index contributed by atoms with van der Waals surface area (Å²) in [7, 11) is 0. The van der Waals surface area contributed by atoms with E-state index < -0.39 is 0 Å². The summed E-state index contributed by atoms with van der Waals surface area (Å²) >= 11 is 5.23. The lowest BCUT2D eigenvalue weighted by Crippen LogP contribution is -2.22. The Kier molecular flexibility index (Phi) is 5.47. The van der Waals surface area contributed by atoms with Crippen molar-refractivity contribution in [2.45, 2.75) is 32.2 Å². The zero-order valence-electron chi connectivity index (χ0n) is 10.5. The second kappa shape index (κ2) is 7.12. The normalized spacial score (nSPS) is 12.8.